The van der Waals surface area contributed by atoms with Crippen LogP contribution in [0, 0.1) is 20.8 Å². The highest BCUT2D eigenvalue weighted by atomic mass is 15.2. The molecule has 0 aliphatic heterocycles. The van der Waals surface area contributed by atoms with Crippen molar-refractivity contribution < 1.29 is 0 Å². The van der Waals surface area contributed by atoms with Gasteiger partial charge in [0.05, 0.1) is 5.69 Å². The van der Waals surface area contributed by atoms with E-state index in [9.17, 15) is 0 Å². The molecule has 0 amide bonds. The van der Waals surface area contributed by atoms with Crippen LogP contribution in [0.5, 0.6) is 0 Å². The molecule has 0 unspecified atom stereocenters. The number of fused-ring (bicyclic) bond motifs is 3. The van der Waals surface area contributed by atoms with E-state index in [4.69, 9.17) is 0 Å². The van der Waals surface area contributed by atoms with Gasteiger partial charge in [-0.15, -0.1) is 0 Å². The van der Waals surface area contributed by atoms with Crippen molar-refractivity contribution in [3.63, 3.8) is 0 Å². The molecule has 11 rings (SSSR count). The quantitative estimate of drug-likeness (QED) is 0.119. The number of hydrogen-bond donors (Lipinski definition) is 0. The molecular weight excluding hydrogens is 845 g/mol. The lowest BCUT2D eigenvalue weighted by molar-refractivity contribution is 0.723. The molecule has 2 saturated carbocycles. The van der Waals surface area contributed by atoms with Gasteiger partial charge in [0, 0.05) is 33.8 Å². The standard InChI is InChI=1S/C66H64N2.C2H6/c1-5-22-58-61(51-30-17-18-31-51)44-65(68(52-32-13-8-14-33-52)64-38-21-36-56(47(64)4)49-26-11-7-12-27-49)59-40-39-57-60(50-28-15-16-29-50)42-54(43-62(57)66(58)59)67(53-34-19-23-45(2)41-53)63-37-20-35-55(46(63)3)48-24-9-6-10-25-48;1-2/h5-6,8-11,13-14,19-27,32-44,50-51H,7,12,15-18,28-31H2,1-4H3;1-2H3/b22-5-;. The summed E-state index contributed by atoms with van der Waals surface area (Å²) < 4.78 is 0. The first-order valence-electron chi connectivity index (χ1n) is 26.5. The van der Waals surface area contributed by atoms with Crippen molar-refractivity contribution >= 4 is 67.3 Å². The highest BCUT2D eigenvalue weighted by Gasteiger charge is 2.29. The Balaban J connectivity index is 0.00000280. The SMILES string of the molecule is C/C=C\c1c(C2CCCC2)cc(N(c2ccccc2)c2cccc(C3=CCCC=C3)c2C)c2ccc3c(C4CCCC4)cc(N(c4cccc(C)c4)c4cccc(-c5ccccc5)c4C)cc3c12.CC. The fraction of sp³-hybridized carbons (Fsp3) is 0.265. The minimum absolute atomic E-state index is 0.492. The van der Waals surface area contributed by atoms with E-state index in [0.29, 0.717) is 11.8 Å². The molecular formula is C68H70N2. The van der Waals surface area contributed by atoms with Crippen LogP contribution in [0.25, 0.3) is 44.3 Å². The van der Waals surface area contributed by atoms with Crippen LogP contribution < -0.4 is 9.80 Å². The first-order chi connectivity index (χ1) is 34.5. The summed E-state index contributed by atoms with van der Waals surface area (Å²) in [6, 6.07) is 57.7. The summed E-state index contributed by atoms with van der Waals surface area (Å²) in [5.74, 6) is 0.995. The monoisotopic (exact) mass is 915 g/mol. The number of aryl methyl sites for hydroxylation is 1. The normalized spacial score (nSPS) is 15.1. The molecule has 2 heteroatoms. The van der Waals surface area contributed by atoms with Crippen molar-refractivity contribution in [3.05, 3.63) is 215 Å². The Morgan fingerprint density at radius 2 is 1.10 bits per heavy atom. The Hall–Kier alpha value is -6.90. The molecule has 0 heterocycles. The van der Waals surface area contributed by atoms with Gasteiger partial charge in [-0.25, -0.2) is 0 Å². The molecule has 2 nitrogen and oxygen atoms in total. The van der Waals surface area contributed by atoms with Crippen LogP contribution in [-0.2, 0) is 0 Å². The van der Waals surface area contributed by atoms with Crippen LogP contribution in [0.15, 0.2) is 176 Å². The Morgan fingerprint density at radius 1 is 0.486 bits per heavy atom. The van der Waals surface area contributed by atoms with Gasteiger partial charge < -0.3 is 9.80 Å². The van der Waals surface area contributed by atoms with E-state index in [-0.39, 0.29) is 0 Å². The molecule has 8 aromatic rings. The fourth-order valence-electron chi connectivity index (χ4n) is 12.2. The third-order valence-corrected chi connectivity index (χ3v) is 15.5. The van der Waals surface area contributed by atoms with E-state index in [1.165, 1.54) is 163 Å². The zero-order valence-electron chi connectivity index (χ0n) is 42.4. The van der Waals surface area contributed by atoms with Gasteiger partial charge >= 0.3 is 0 Å². The molecule has 0 radical (unpaired) electrons. The van der Waals surface area contributed by atoms with Gasteiger partial charge in [-0.1, -0.05) is 167 Å². The van der Waals surface area contributed by atoms with Crippen molar-refractivity contribution in [1.29, 1.82) is 0 Å². The molecule has 0 spiro atoms. The van der Waals surface area contributed by atoms with Crippen LogP contribution >= 0.6 is 0 Å². The Kier molecular flexibility index (Phi) is 14.0. The maximum atomic E-state index is 2.61. The Bertz CT molecular complexity index is 3230. The maximum Gasteiger partial charge on any atom is 0.0543 e. The molecule has 3 aliphatic rings. The molecule has 352 valence electrons. The van der Waals surface area contributed by atoms with E-state index in [0.717, 1.165) is 12.8 Å². The van der Waals surface area contributed by atoms with E-state index < -0.39 is 0 Å². The summed E-state index contributed by atoms with van der Waals surface area (Å²) in [5, 5.41) is 5.40. The predicted molar refractivity (Wildman–Crippen MR) is 305 cm³/mol. The summed E-state index contributed by atoms with van der Waals surface area (Å²) in [4.78, 5) is 5.17. The molecule has 0 atom stereocenters. The first kappa shape index (κ1) is 46.8. The van der Waals surface area contributed by atoms with Crippen LogP contribution in [0.3, 0.4) is 0 Å². The number of benzene rings is 8. The summed E-state index contributed by atoms with van der Waals surface area (Å²) in [6.07, 6.45) is 24.0. The van der Waals surface area contributed by atoms with E-state index in [1.54, 1.807) is 0 Å². The van der Waals surface area contributed by atoms with E-state index in [2.05, 4.69) is 220 Å². The number of rotatable bonds is 11. The zero-order valence-corrected chi connectivity index (χ0v) is 42.4. The zero-order chi connectivity index (χ0) is 48.1. The number of hydrogen-bond acceptors (Lipinski definition) is 2. The Labute approximate surface area is 418 Å². The van der Waals surface area contributed by atoms with Crippen molar-refractivity contribution in [3.8, 4) is 11.1 Å². The molecule has 3 aliphatic carbocycles. The molecule has 0 N–H and O–H groups in total. The van der Waals surface area contributed by atoms with Crippen LogP contribution in [-0.4, -0.2) is 0 Å². The second kappa shape index (κ2) is 21.0. The Morgan fingerprint density at radius 3 is 1.77 bits per heavy atom. The highest BCUT2D eigenvalue weighted by Crippen LogP contribution is 2.52. The van der Waals surface area contributed by atoms with Gasteiger partial charge in [-0.05, 0) is 204 Å². The molecule has 0 aromatic heterocycles. The average molecular weight is 915 g/mol. The fourth-order valence-corrected chi connectivity index (χ4v) is 12.2. The smallest absolute Gasteiger partial charge is 0.0543 e. The highest BCUT2D eigenvalue weighted by molar-refractivity contribution is 6.18. The number of para-hydroxylation sites is 1. The topological polar surface area (TPSA) is 6.48 Å². The van der Waals surface area contributed by atoms with Crippen molar-refractivity contribution in [2.75, 3.05) is 9.80 Å². The lowest BCUT2D eigenvalue weighted by Crippen LogP contribution is -2.14. The molecule has 2 fully saturated rings. The lowest BCUT2D eigenvalue weighted by atomic mass is 9.83. The minimum atomic E-state index is 0.492. The van der Waals surface area contributed by atoms with Crippen molar-refractivity contribution in [1.82, 2.24) is 0 Å². The largest absolute Gasteiger partial charge is 0.310 e. The van der Waals surface area contributed by atoms with Gasteiger partial charge in [0.2, 0.25) is 0 Å². The van der Waals surface area contributed by atoms with Gasteiger partial charge in [0.15, 0.2) is 0 Å². The molecule has 70 heavy (non-hydrogen) atoms. The second-order valence-electron chi connectivity index (χ2n) is 19.7. The van der Waals surface area contributed by atoms with E-state index in [1.807, 2.05) is 13.8 Å². The number of allylic oxidation sites excluding steroid dienone is 5. The lowest BCUT2D eigenvalue weighted by Gasteiger charge is -2.32. The van der Waals surface area contributed by atoms with Crippen LogP contribution in [0.2, 0.25) is 0 Å². The summed E-state index contributed by atoms with van der Waals surface area (Å²) in [5.41, 5.74) is 20.6. The molecule has 8 aromatic carbocycles. The van der Waals surface area contributed by atoms with Crippen LogP contribution in [0.4, 0.5) is 34.1 Å². The predicted octanol–water partition coefficient (Wildman–Crippen LogP) is 20.6. The summed E-state index contributed by atoms with van der Waals surface area (Å²) >= 11 is 0. The molecule has 0 bridgehead atoms. The van der Waals surface area contributed by atoms with Gasteiger partial charge in [0.1, 0.15) is 0 Å². The van der Waals surface area contributed by atoms with Crippen molar-refractivity contribution in [2.24, 2.45) is 0 Å². The van der Waals surface area contributed by atoms with Gasteiger partial charge in [-0.2, -0.15) is 0 Å². The summed E-state index contributed by atoms with van der Waals surface area (Å²) in [6.45, 7) is 13.1. The van der Waals surface area contributed by atoms with Crippen LogP contribution in [0.1, 0.15) is 136 Å². The molecule has 0 saturated heterocycles. The second-order valence-corrected chi connectivity index (χ2v) is 19.7. The third-order valence-electron chi connectivity index (χ3n) is 15.5. The van der Waals surface area contributed by atoms with Crippen molar-refractivity contribution in [2.45, 2.75) is 118 Å². The minimum Gasteiger partial charge on any atom is -0.310 e. The number of nitrogens with zero attached hydrogens (tertiary/aromatic N) is 2. The van der Waals surface area contributed by atoms with Gasteiger partial charge in [-0.3, -0.25) is 0 Å². The third kappa shape index (κ3) is 8.94. The average Bonchev–Trinajstić information content (AvgIpc) is 4.16. The number of anilines is 6. The first-order valence-corrected chi connectivity index (χ1v) is 26.5. The van der Waals surface area contributed by atoms with E-state index >= 15 is 0 Å². The van der Waals surface area contributed by atoms with Gasteiger partial charge in [0.25, 0.3) is 0 Å². The summed E-state index contributed by atoms with van der Waals surface area (Å²) in [7, 11) is 0. The maximum absolute atomic E-state index is 2.61.